The van der Waals surface area contributed by atoms with Crippen LogP contribution in [0.15, 0.2) is 12.1 Å². The molecule has 0 aromatic carbocycles. The van der Waals surface area contributed by atoms with E-state index in [4.69, 9.17) is 0 Å². The number of hydrogen-bond donors (Lipinski definition) is 2. The van der Waals surface area contributed by atoms with Gasteiger partial charge in [-0.25, -0.2) is 8.42 Å². The van der Waals surface area contributed by atoms with Crippen molar-refractivity contribution in [3.63, 3.8) is 0 Å². The van der Waals surface area contributed by atoms with Crippen LogP contribution in [-0.4, -0.2) is 37.8 Å². The molecule has 0 radical (unpaired) electrons. The van der Waals surface area contributed by atoms with Crippen LogP contribution in [0.25, 0.3) is 0 Å². The van der Waals surface area contributed by atoms with Gasteiger partial charge in [0.1, 0.15) is 0 Å². The van der Waals surface area contributed by atoms with Gasteiger partial charge in [-0.1, -0.05) is 0 Å². The molecule has 1 atom stereocenters. The maximum Gasteiger partial charge on any atom is 0.261 e. The van der Waals surface area contributed by atoms with Gasteiger partial charge in [0.2, 0.25) is 5.91 Å². The van der Waals surface area contributed by atoms with Crippen molar-refractivity contribution in [2.75, 3.05) is 16.8 Å². The molecule has 2 heterocycles. The number of hydrogen-bond acceptors (Lipinski definition) is 5. The van der Waals surface area contributed by atoms with E-state index in [1.165, 1.54) is 11.3 Å². The minimum atomic E-state index is -3.00. The van der Waals surface area contributed by atoms with Crippen molar-refractivity contribution in [3.8, 4) is 0 Å². The minimum Gasteiger partial charge on any atom is -0.348 e. The summed E-state index contributed by atoms with van der Waals surface area (Å²) in [5.41, 5.74) is 0. The summed E-state index contributed by atoms with van der Waals surface area (Å²) >= 11 is 1.20. The van der Waals surface area contributed by atoms with Crippen molar-refractivity contribution in [1.82, 2.24) is 5.32 Å². The largest absolute Gasteiger partial charge is 0.348 e. The Morgan fingerprint density at radius 1 is 1.19 bits per heavy atom. The van der Waals surface area contributed by atoms with Gasteiger partial charge in [-0.05, 0) is 31.4 Å². The lowest BCUT2D eigenvalue weighted by Gasteiger charge is -2.09. The van der Waals surface area contributed by atoms with Crippen molar-refractivity contribution in [1.29, 1.82) is 0 Å². The molecule has 3 rings (SSSR count). The molecule has 1 saturated heterocycles. The average molecular weight is 328 g/mol. The van der Waals surface area contributed by atoms with Crippen molar-refractivity contribution >= 4 is 38.0 Å². The Balaban J connectivity index is 1.57. The number of carbonyl (C=O) groups is 2. The van der Waals surface area contributed by atoms with E-state index in [1.54, 1.807) is 12.1 Å². The van der Waals surface area contributed by atoms with Crippen LogP contribution in [-0.2, 0) is 14.6 Å². The fourth-order valence-corrected chi connectivity index (χ4v) is 4.75. The molecule has 8 heteroatoms. The third kappa shape index (κ3) is 3.62. The van der Waals surface area contributed by atoms with Gasteiger partial charge in [0.05, 0.1) is 21.4 Å². The van der Waals surface area contributed by atoms with E-state index in [2.05, 4.69) is 10.6 Å². The van der Waals surface area contributed by atoms with Crippen LogP contribution in [0, 0.1) is 5.92 Å². The summed E-state index contributed by atoms with van der Waals surface area (Å²) in [4.78, 5) is 24.2. The van der Waals surface area contributed by atoms with E-state index in [1.807, 2.05) is 0 Å². The highest BCUT2D eigenvalue weighted by Gasteiger charge is 2.31. The molecule has 2 N–H and O–H groups in total. The molecule has 1 aliphatic heterocycles. The maximum atomic E-state index is 12.0. The second-order valence-corrected chi connectivity index (χ2v) is 8.81. The Morgan fingerprint density at radius 2 is 1.95 bits per heavy atom. The molecule has 6 nitrogen and oxygen atoms in total. The first kappa shape index (κ1) is 14.5. The predicted octanol–water partition coefficient (Wildman–Crippen LogP) is 1.01. The monoisotopic (exact) mass is 328 g/mol. The maximum absolute atomic E-state index is 12.0. The van der Waals surface area contributed by atoms with Gasteiger partial charge in [0, 0.05) is 12.0 Å². The number of sulfone groups is 1. The number of carbonyl (C=O) groups excluding carboxylic acids is 2. The van der Waals surface area contributed by atoms with Gasteiger partial charge < -0.3 is 10.6 Å². The molecule has 1 aromatic heterocycles. The fraction of sp³-hybridized carbons (Fsp3) is 0.538. The molecule has 2 aliphatic rings. The van der Waals surface area contributed by atoms with Gasteiger partial charge >= 0.3 is 0 Å². The summed E-state index contributed by atoms with van der Waals surface area (Å²) in [6, 6.07) is 3.03. The van der Waals surface area contributed by atoms with Gasteiger partial charge in [0.15, 0.2) is 9.84 Å². The van der Waals surface area contributed by atoms with E-state index in [0.29, 0.717) is 16.3 Å². The second-order valence-electron chi connectivity index (χ2n) is 5.50. The summed E-state index contributed by atoms with van der Waals surface area (Å²) in [7, 11) is -3.00. The highest BCUT2D eigenvalue weighted by atomic mass is 32.2. The Morgan fingerprint density at radius 3 is 2.57 bits per heavy atom. The SMILES string of the molecule is O=C(NC1CCS(=O)(=O)C1)c1ccc(NC(=O)C2CC2)s1. The standard InChI is InChI=1S/C13H16N2O4S2/c16-12(8-1-2-8)15-11-4-3-10(20-11)13(17)14-9-5-6-21(18,19)7-9/h3-4,8-9H,1-2,5-7H2,(H,14,17)(H,15,16). The van der Waals surface area contributed by atoms with Gasteiger partial charge in [-0.3, -0.25) is 9.59 Å². The quantitative estimate of drug-likeness (QED) is 0.863. The number of thiophene rings is 1. The topological polar surface area (TPSA) is 92.3 Å². The molecule has 1 aliphatic carbocycles. The molecular formula is C13H16N2O4S2. The molecular weight excluding hydrogens is 312 g/mol. The second kappa shape index (κ2) is 5.42. The molecule has 21 heavy (non-hydrogen) atoms. The molecule has 2 amide bonds. The van der Waals surface area contributed by atoms with Gasteiger partial charge in [-0.2, -0.15) is 0 Å². The van der Waals surface area contributed by atoms with Crippen molar-refractivity contribution in [2.45, 2.75) is 25.3 Å². The highest BCUT2D eigenvalue weighted by Crippen LogP contribution is 2.31. The van der Waals surface area contributed by atoms with Crippen LogP contribution in [0.5, 0.6) is 0 Å². The van der Waals surface area contributed by atoms with E-state index in [-0.39, 0.29) is 35.3 Å². The third-order valence-corrected chi connectivity index (χ3v) is 6.36. The smallest absolute Gasteiger partial charge is 0.261 e. The lowest BCUT2D eigenvalue weighted by atomic mass is 10.2. The Bertz CT molecular complexity index is 676. The summed E-state index contributed by atoms with van der Waals surface area (Å²) in [5.74, 6) is -0.0201. The first-order valence-corrected chi connectivity index (χ1v) is 9.49. The van der Waals surface area contributed by atoms with E-state index < -0.39 is 9.84 Å². The molecule has 0 bridgehead atoms. The number of nitrogens with one attached hydrogen (secondary N) is 2. The van der Waals surface area contributed by atoms with E-state index in [9.17, 15) is 18.0 Å². The Hall–Kier alpha value is -1.41. The van der Waals surface area contributed by atoms with Crippen molar-refractivity contribution in [3.05, 3.63) is 17.0 Å². The number of rotatable bonds is 4. The zero-order valence-electron chi connectivity index (χ0n) is 11.3. The van der Waals surface area contributed by atoms with Crippen LogP contribution < -0.4 is 10.6 Å². The van der Waals surface area contributed by atoms with Crippen LogP contribution in [0.4, 0.5) is 5.00 Å². The van der Waals surface area contributed by atoms with Crippen LogP contribution >= 0.6 is 11.3 Å². The molecule has 1 aromatic rings. The van der Waals surface area contributed by atoms with E-state index >= 15 is 0 Å². The molecule has 2 fully saturated rings. The highest BCUT2D eigenvalue weighted by molar-refractivity contribution is 7.91. The summed E-state index contributed by atoms with van der Waals surface area (Å²) < 4.78 is 22.7. The third-order valence-electron chi connectivity index (χ3n) is 3.59. The lowest BCUT2D eigenvalue weighted by molar-refractivity contribution is -0.117. The normalized spacial score (nSPS) is 23.7. The molecule has 114 valence electrons. The average Bonchev–Trinajstić information content (AvgIpc) is 3.07. The molecule has 0 spiro atoms. The summed E-state index contributed by atoms with van der Waals surface area (Å²) in [6.45, 7) is 0. The van der Waals surface area contributed by atoms with Crippen LogP contribution in [0.1, 0.15) is 28.9 Å². The predicted molar refractivity (Wildman–Crippen MR) is 80.2 cm³/mol. The summed E-state index contributed by atoms with van der Waals surface area (Å²) in [6.07, 6.45) is 2.33. The Labute approximate surface area is 126 Å². The van der Waals surface area contributed by atoms with Crippen LogP contribution in [0.3, 0.4) is 0 Å². The Kier molecular flexibility index (Phi) is 3.75. The van der Waals surface area contributed by atoms with Crippen molar-refractivity contribution < 1.29 is 18.0 Å². The zero-order chi connectivity index (χ0) is 15.0. The number of anilines is 1. The molecule has 1 unspecified atom stereocenters. The fourth-order valence-electron chi connectivity index (χ4n) is 2.26. The van der Waals surface area contributed by atoms with Gasteiger partial charge in [0.25, 0.3) is 5.91 Å². The van der Waals surface area contributed by atoms with Crippen molar-refractivity contribution in [2.24, 2.45) is 5.92 Å². The minimum absolute atomic E-state index is 0.00527. The van der Waals surface area contributed by atoms with E-state index in [0.717, 1.165) is 12.8 Å². The lowest BCUT2D eigenvalue weighted by Crippen LogP contribution is -2.35. The summed E-state index contributed by atoms with van der Waals surface area (Å²) in [5, 5.41) is 6.17. The van der Waals surface area contributed by atoms with Gasteiger partial charge in [-0.15, -0.1) is 11.3 Å². The first-order valence-electron chi connectivity index (χ1n) is 6.85. The first-order chi connectivity index (χ1) is 9.93. The zero-order valence-corrected chi connectivity index (χ0v) is 12.9. The molecule has 1 saturated carbocycles. The number of amides is 2. The van der Waals surface area contributed by atoms with Crippen LogP contribution in [0.2, 0.25) is 0 Å².